The zero-order valence-corrected chi connectivity index (χ0v) is 15.6. The number of nitrogens with zero attached hydrogens (tertiary/aromatic N) is 3. The van der Waals surface area contributed by atoms with Gasteiger partial charge in [-0.25, -0.2) is 10.2 Å². The van der Waals surface area contributed by atoms with Gasteiger partial charge >= 0.3 is 6.09 Å². The van der Waals surface area contributed by atoms with Crippen LogP contribution in [0.2, 0.25) is 0 Å². The number of hydrogen-bond donors (Lipinski definition) is 1. The van der Waals surface area contributed by atoms with Crippen molar-refractivity contribution in [3.63, 3.8) is 0 Å². The summed E-state index contributed by atoms with van der Waals surface area (Å²) in [5, 5.41) is 4.27. The summed E-state index contributed by atoms with van der Waals surface area (Å²) in [7, 11) is 2.79. The Morgan fingerprint density at radius 3 is 2.58 bits per heavy atom. The van der Waals surface area contributed by atoms with Gasteiger partial charge in [-0.1, -0.05) is 6.08 Å². The number of thiocarbonyl (C=S) groups is 1. The molecule has 1 unspecified atom stereocenters. The van der Waals surface area contributed by atoms with E-state index >= 15 is 0 Å². The maximum atomic E-state index is 13.0. The molecule has 1 fully saturated rings. The van der Waals surface area contributed by atoms with Gasteiger partial charge in [0.1, 0.15) is 5.75 Å². The number of amides is 2. The molecule has 0 aliphatic carbocycles. The number of carbonyl (C=O) groups is 2. The van der Waals surface area contributed by atoms with Gasteiger partial charge in [-0.3, -0.25) is 9.69 Å². The average molecular weight is 376 g/mol. The molecule has 26 heavy (non-hydrogen) atoms. The summed E-state index contributed by atoms with van der Waals surface area (Å²) < 4.78 is 9.62. The van der Waals surface area contributed by atoms with Crippen molar-refractivity contribution in [2.24, 2.45) is 5.10 Å². The summed E-state index contributed by atoms with van der Waals surface area (Å²) in [6.45, 7) is 5.70. The standard InChI is InChI=1S/C17H20N4O4S/c1-5-10-20-14(11(2)18-19-16(23)25-4)15(22)21(17(20)26)12-6-8-13(24-3)9-7-12/h5-9,14H,1,10H2,2-4H3,(H,19,23)/b18-11+. The van der Waals surface area contributed by atoms with Crippen LogP contribution < -0.4 is 15.1 Å². The van der Waals surface area contributed by atoms with Crippen LogP contribution in [0.1, 0.15) is 6.92 Å². The molecule has 2 rings (SSSR count). The van der Waals surface area contributed by atoms with Crippen molar-refractivity contribution in [3.8, 4) is 5.75 Å². The number of anilines is 1. The van der Waals surface area contributed by atoms with E-state index in [1.54, 1.807) is 49.3 Å². The van der Waals surface area contributed by atoms with Crippen molar-refractivity contribution >= 4 is 40.7 Å². The molecule has 8 nitrogen and oxygen atoms in total. The number of methoxy groups -OCH3 is 2. The number of hydrogen-bond acceptors (Lipinski definition) is 6. The van der Waals surface area contributed by atoms with E-state index in [0.717, 1.165) is 0 Å². The first-order valence-corrected chi connectivity index (χ1v) is 8.13. The first-order chi connectivity index (χ1) is 12.4. The highest BCUT2D eigenvalue weighted by Gasteiger charge is 2.44. The van der Waals surface area contributed by atoms with E-state index in [4.69, 9.17) is 17.0 Å². The zero-order chi connectivity index (χ0) is 19.3. The van der Waals surface area contributed by atoms with Gasteiger partial charge < -0.3 is 14.4 Å². The van der Waals surface area contributed by atoms with E-state index in [0.29, 0.717) is 28.8 Å². The molecular weight excluding hydrogens is 356 g/mol. The lowest BCUT2D eigenvalue weighted by atomic mass is 10.1. The number of benzene rings is 1. The van der Waals surface area contributed by atoms with Gasteiger partial charge in [0.2, 0.25) is 0 Å². The molecule has 138 valence electrons. The minimum atomic E-state index is -0.750. The van der Waals surface area contributed by atoms with Crippen LogP contribution in [0.3, 0.4) is 0 Å². The molecule has 1 atom stereocenters. The maximum absolute atomic E-state index is 13.0. The van der Waals surface area contributed by atoms with Crippen LogP contribution in [0.5, 0.6) is 5.75 Å². The molecule has 1 aromatic carbocycles. The molecule has 1 aliphatic rings. The molecule has 1 saturated heterocycles. The quantitative estimate of drug-likeness (QED) is 0.353. The van der Waals surface area contributed by atoms with Crippen LogP contribution in [0, 0.1) is 0 Å². The van der Waals surface area contributed by atoms with Crippen molar-refractivity contribution in [2.75, 3.05) is 25.7 Å². The van der Waals surface area contributed by atoms with Crippen LogP contribution in [0.25, 0.3) is 0 Å². The van der Waals surface area contributed by atoms with Gasteiger partial charge in [0.15, 0.2) is 11.2 Å². The van der Waals surface area contributed by atoms with Gasteiger partial charge in [-0.2, -0.15) is 5.10 Å². The molecule has 0 saturated carbocycles. The summed E-state index contributed by atoms with van der Waals surface area (Å²) in [5.74, 6) is 0.403. The fourth-order valence-electron chi connectivity index (χ4n) is 2.53. The molecule has 0 aromatic heterocycles. The van der Waals surface area contributed by atoms with Gasteiger partial charge in [-0.05, 0) is 43.4 Å². The highest BCUT2D eigenvalue weighted by molar-refractivity contribution is 7.80. The lowest BCUT2D eigenvalue weighted by Crippen LogP contribution is -2.41. The van der Waals surface area contributed by atoms with Crippen molar-refractivity contribution in [3.05, 3.63) is 36.9 Å². The fraction of sp³-hybridized carbons (Fsp3) is 0.294. The van der Waals surface area contributed by atoms with E-state index in [1.165, 1.54) is 12.0 Å². The molecule has 0 spiro atoms. The molecule has 1 aliphatic heterocycles. The largest absolute Gasteiger partial charge is 0.497 e. The monoisotopic (exact) mass is 376 g/mol. The second-order valence-corrected chi connectivity index (χ2v) is 5.72. The second kappa shape index (κ2) is 8.43. The summed E-state index contributed by atoms with van der Waals surface area (Å²) in [4.78, 5) is 27.4. The lowest BCUT2D eigenvalue weighted by molar-refractivity contribution is -0.118. The van der Waals surface area contributed by atoms with Crippen molar-refractivity contribution in [1.29, 1.82) is 0 Å². The number of ether oxygens (including phenoxy) is 2. The average Bonchev–Trinajstić information content (AvgIpc) is 2.90. The minimum Gasteiger partial charge on any atom is -0.497 e. The van der Waals surface area contributed by atoms with E-state index in [1.807, 2.05) is 0 Å². The van der Waals surface area contributed by atoms with Crippen LogP contribution in [0.15, 0.2) is 42.0 Å². The molecule has 1 aromatic rings. The molecule has 9 heteroatoms. The molecule has 0 radical (unpaired) electrons. The van der Waals surface area contributed by atoms with Gasteiger partial charge in [-0.15, -0.1) is 6.58 Å². The van der Waals surface area contributed by atoms with Crippen LogP contribution >= 0.6 is 12.2 Å². The van der Waals surface area contributed by atoms with Crippen molar-refractivity contribution < 1.29 is 19.1 Å². The normalized spacial score (nSPS) is 17.3. The fourth-order valence-corrected chi connectivity index (χ4v) is 2.90. The number of nitrogens with one attached hydrogen (secondary N) is 1. The van der Waals surface area contributed by atoms with Crippen LogP contribution in [-0.2, 0) is 9.53 Å². The summed E-state index contributed by atoms with van der Waals surface area (Å²) >= 11 is 5.49. The minimum absolute atomic E-state index is 0.269. The van der Waals surface area contributed by atoms with Gasteiger partial charge in [0.05, 0.1) is 25.6 Å². The zero-order valence-electron chi connectivity index (χ0n) is 14.8. The van der Waals surface area contributed by atoms with E-state index < -0.39 is 12.1 Å². The van der Waals surface area contributed by atoms with E-state index in [-0.39, 0.29) is 5.91 Å². The van der Waals surface area contributed by atoms with Crippen molar-refractivity contribution in [2.45, 2.75) is 13.0 Å². The third-order valence-electron chi connectivity index (χ3n) is 3.76. The summed E-state index contributed by atoms with van der Waals surface area (Å²) in [6, 6.07) is 6.24. The van der Waals surface area contributed by atoms with Gasteiger partial charge in [0.25, 0.3) is 5.91 Å². The number of rotatable bonds is 6. The Morgan fingerprint density at radius 1 is 1.38 bits per heavy atom. The Labute approximate surface area is 157 Å². The Kier molecular flexibility index (Phi) is 6.29. The lowest BCUT2D eigenvalue weighted by Gasteiger charge is -2.22. The smallest absolute Gasteiger partial charge is 0.427 e. The third kappa shape index (κ3) is 3.83. The Hall–Kier alpha value is -2.94. The topological polar surface area (TPSA) is 83.5 Å². The molecular formula is C17H20N4O4S. The number of carbonyl (C=O) groups excluding carboxylic acids is 2. The number of hydrazone groups is 1. The Morgan fingerprint density at radius 2 is 2.04 bits per heavy atom. The van der Waals surface area contributed by atoms with Gasteiger partial charge in [0, 0.05) is 6.54 Å². The Balaban J connectivity index is 2.35. The van der Waals surface area contributed by atoms with E-state index in [2.05, 4.69) is 21.8 Å². The van der Waals surface area contributed by atoms with Crippen LogP contribution in [0.4, 0.5) is 10.5 Å². The maximum Gasteiger partial charge on any atom is 0.427 e. The first kappa shape index (κ1) is 19.4. The third-order valence-corrected chi connectivity index (χ3v) is 4.18. The predicted octanol–water partition coefficient (Wildman–Crippen LogP) is 1.92. The molecule has 1 N–H and O–H groups in total. The predicted molar refractivity (Wildman–Crippen MR) is 102 cm³/mol. The van der Waals surface area contributed by atoms with E-state index in [9.17, 15) is 9.59 Å². The second-order valence-electron chi connectivity index (χ2n) is 5.35. The SMILES string of the molecule is C=CCN1C(=S)N(c2ccc(OC)cc2)C(=O)C1/C(C)=N/NC(=O)OC. The first-order valence-electron chi connectivity index (χ1n) is 7.72. The molecule has 2 amide bonds. The highest BCUT2D eigenvalue weighted by Crippen LogP contribution is 2.27. The molecule has 0 bridgehead atoms. The van der Waals surface area contributed by atoms with Crippen molar-refractivity contribution in [1.82, 2.24) is 10.3 Å². The summed E-state index contributed by atoms with van der Waals surface area (Å²) in [6.07, 6.45) is 0.921. The van der Waals surface area contributed by atoms with Crippen LogP contribution in [-0.4, -0.2) is 54.5 Å². The summed E-state index contributed by atoms with van der Waals surface area (Å²) in [5.41, 5.74) is 3.21. The Bertz CT molecular complexity index is 748. The highest BCUT2D eigenvalue weighted by atomic mass is 32.1. The molecule has 1 heterocycles.